The Bertz CT molecular complexity index is 926. The number of hydrogen-bond acceptors (Lipinski definition) is 5. The fourth-order valence-corrected chi connectivity index (χ4v) is 4.27. The van der Waals surface area contributed by atoms with Gasteiger partial charge in [-0.3, -0.25) is 9.80 Å². The van der Waals surface area contributed by atoms with E-state index in [4.69, 9.17) is 9.47 Å². The van der Waals surface area contributed by atoms with Crippen molar-refractivity contribution < 1.29 is 19.4 Å². The predicted octanol–water partition coefficient (Wildman–Crippen LogP) is 3.37. The number of aliphatic hydroxyl groups is 1. The molecule has 2 atom stereocenters. The SMILES string of the molecule is CC(C)C(CCn1cnc2c1C(O)N(C)C(=O)N2C)c1ccc2c(c1)OCCCO2. The van der Waals surface area contributed by atoms with Gasteiger partial charge in [-0.05, 0) is 36.0 Å². The molecule has 0 spiro atoms. The van der Waals surface area contributed by atoms with Gasteiger partial charge in [0.15, 0.2) is 23.5 Å². The molecule has 2 amide bonds. The normalized spacial score (nSPS) is 19.7. The number of nitrogens with zero attached hydrogens (tertiary/aromatic N) is 4. The van der Waals surface area contributed by atoms with Crippen molar-refractivity contribution in [2.24, 2.45) is 5.92 Å². The molecule has 1 aromatic heterocycles. The third-order valence-electron chi connectivity index (χ3n) is 6.06. The molecule has 0 saturated heterocycles. The lowest BCUT2D eigenvalue weighted by molar-refractivity contribution is 0.0375. The van der Waals surface area contributed by atoms with Gasteiger partial charge in [-0.15, -0.1) is 0 Å². The number of aryl methyl sites for hydroxylation is 1. The lowest BCUT2D eigenvalue weighted by Crippen LogP contribution is -2.46. The van der Waals surface area contributed by atoms with Crippen molar-refractivity contribution in [3.05, 3.63) is 35.8 Å². The number of amides is 2. The van der Waals surface area contributed by atoms with E-state index < -0.39 is 6.23 Å². The number of imidazole rings is 1. The summed E-state index contributed by atoms with van der Waals surface area (Å²) >= 11 is 0. The number of aliphatic hydroxyl groups excluding tert-OH is 1. The second-order valence-electron chi connectivity index (χ2n) is 8.37. The molecule has 1 aromatic carbocycles. The summed E-state index contributed by atoms with van der Waals surface area (Å²) in [4.78, 5) is 19.4. The minimum absolute atomic E-state index is 0.271. The standard InChI is InChI=1S/C22H30N4O4/c1-14(2)16(15-6-7-17-18(12-15)30-11-5-10-29-17)8-9-26-13-23-20-19(26)21(27)25(4)22(28)24(20)3/h6-7,12-14,16,21,27H,5,8-11H2,1-4H3. The van der Waals surface area contributed by atoms with Gasteiger partial charge in [-0.1, -0.05) is 19.9 Å². The van der Waals surface area contributed by atoms with Gasteiger partial charge in [0.05, 0.1) is 19.5 Å². The molecule has 8 heteroatoms. The zero-order valence-electron chi connectivity index (χ0n) is 18.0. The predicted molar refractivity (Wildman–Crippen MR) is 113 cm³/mol. The van der Waals surface area contributed by atoms with Crippen LogP contribution >= 0.6 is 0 Å². The molecule has 0 saturated carbocycles. The summed E-state index contributed by atoms with van der Waals surface area (Å²) < 4.78 is 13.6. The van der Waals surface area contributed by atoms with Crippen LogP contribution in [-0.4, -0.2) is 52.9 Å². The fraction of sp³-hybridized carbons (Fsp3) is 0.545. The maximum Gasteiger partial charge on any atom is 0.327 e. The highest BCUT2D eigenvalue weighted by molar-refractivity contribution is 5.93. The van der Waals surface area contributed by atoms with Crippen LogP contribution in [0.2, 0.25) is 0 Å². The Hall–Kier alpha value is -2.74. The van der Waals surface area contributed by atoms with Crippen molar-refractivity contribution in [1.29, 1.82) is 0 Å². The molecule has 30 heavy (non-hydrogen) atoms. The molecule has 2 aromatic rings. The summed E-state index contributed by atoms with van der Waals surface area (Å²) in [5, 5.41) is 10.6. The molecule has 0 bridgehead atoms. The number of carbonyl (C=O) groups excluding carboxylic acids is 1. The van der Waals surface area contributed by atoms with E-state index in [-0.39, 0.29) is 6.03 Å². The zero-order valence-corrected chi connectivity index (χ0v) is 18.0. The van der Waals surface area contributed by atoms with E-state index in [0.29, 0.717) is 43.1 Å². The van der Waals surface area contributed by atoms with Crippen molar-refractivity contribution in [2.45, 2.75) is 45.4 Å². The highest BCUT2D eigenvalue weighted by Gasteiger charge is 2.36. The number of hydrogen-bond donors (Lipinski definition) is 1. The van der Waals surface area contributed by atoms with Crippen LogP contribution in [0.3, 0.4) is 0 Å². The smallest absolute Gasteiger partial charge is 0.327 e. The second-order valence-corrected chi connectivity index (χ2v) is 8.37. The van der Waals surface area contributed by atoms with Crippen LogP contribution in [0.1, 0.15) is 50.1 Å². The Morgan fingerprint density at radius 2 is 1.93 bits per heavy atom. The molecule has 8 nitrogen and oxygen atoms in total. The van der Waals surface area contributed by atoms with E-state index >= 15 is 0 Å². The Labute approximate surface area is 177 Å². The molecular weight excluding hydrogens is 384 g/mol. The first-order valence-corrected chi connectivity index (χ1v) is 10.5. The molecule has 1 N–H and O–H groups in total. The maximum atomic E-state index is 12.2. The Morgan fingerprint density at radius 3 is 2.67 bits per heavy atom. The van der Waals surface area contributed by atoms with E-state index in [1.165, 1.54) is 15.4 Å². The number of fused-ring (bicyclic) bond motifs is 2. The lowest BCUT2D eigenvalue weighted by Gasteiger charge is -2.34. The highest BCUT2D eigenvalue weighted by atomic mass is 16.5. The third kappa shape index (κ3) is 3.60. The number of aromatic nitrogens is 2. The van der Waals surface area contributed by atoms with E-state index in [0.717, 1.165) is 24.3 Å². The molecular formula is C22H30N4O4. The van der Waals surface area contributed by atoms with Gasteiger partial charge >= 0.3 is 6.03 Å². The van der Waals surface area contributed by atoms with Gasteiger partial charge in [0.2, 0.25) is 0 Å². The van der Waals surface area contributed by atoms with E-state index in [2.05, 4.69) is 31.0 Å². The average molecular weight is 415 g/mol. The third-order valence-corrected chi connectivity index (χ3v) is 6.06. The van der Waals surface area contributed by atoms with E-state index in [1.54, 1.807) is 20.4 Å². The largest absolute Gasteiger partial charge is 0.490 e. The summed E-state index contributed by atoms with van der Waals surface area (Å²) in [6, 6.07) is 5.96. The minimum Gasteiger partial charge on any atom is -0.490 e. The number of anilines is 1. The molecule has 2 unspecified atom stereocenters. The summed E-state index contributed by atoms with van der Waals surface area (Å²) in [6.45, 7) is 6.46. The number of ether oxygens (including phenoxy) is 2. The Balaban J connectivity index is 1.56. The van der Waals surface area contributed by atoms with Crippen LogP contribution in [0, 0.1) is 5.92 Å². The number of carbonyl (C=O) groups is 1. The zero-order chi connectivity index (χ0) is 21.4. The van der Waals surface area contributed by atoms with Crippen LogP contribution in [0.4, 0.5) is 10.6 Å². The minimum atomic E-state index is -0.998. The first-order chi connectivity index (χ1) is 14.4. The quantitative estimate of drug-likeness (QED) is 0.811. The fourth-order valence-electron chi connectivity index (χ4n) is 4.27. The summed E-state index contributed by atoms with van der Waals surface area (Å²) in [5.41, 5.74) is 1.87. The first-order valence-electron chi connectivity index (χ1n) is 10.5. The number of rotatable bonds is 5. The molecule has 0 fully saturated rings. The van der Waals surface area contributed by atoms with Crippen LogP contribution in [-0.2, 0) is 6.54 Å². The van der Waals surface area contributed by atoms with Crippen molar-refractivity contribution in [2.75, 3.05) is 32.2 Å². The molecule has 0 radical (unpaired) electrons. The highest BCUT2D eigenvalue weighted by Crippen LogP contribution is 2.38. The van der Waals surface area contributed by atoms with Gasteiger partial charge in [0, 0.05) is 27.1 Å². The topological polar surface area (TPSA) is 80.1 Å². The lowest BCUT2D eigenvalue weighted by atomic mass is 9.85. The second kappa shape index (κ2) is 8.18. The van der Waals surface area contributed by atoms with Crippen LogP contribution in [0.15, 0.2) is 24.5 Å². The Kier molecular flexibility index (Phi) is 5.60. The van der Waals surface area contributed by atoms with Crippen molar-refractivity contribution in [1.82, 2.24) is 14.5 Å². The van der Waals surface area contributed by atoms with Gasteiger partial charge in [-0.25, -0.2) is 9.78 Å². The molecule has 2 aliphatic heterocycles. The maximum absolute atomic E-state index is 12.2. The average Bonchev–Trinajstić information content (AvgIpc) is 3.01. The van der Waals surface area contributed by atoms with Gasteiger partial charge in [-0.2, -0.15) is 0 Å². The van der Waals surface area contributed by atoms with Gasteiger partial charge in [0.25, 0.3) is 0 Å². The molecule has 162 valence electrons. The van der Waals surface area contributed by atoms with E-state index in [1.807, 2.05) is 10.6 Å². The van der Waals surface area contributed by atoms with Crippen molar-refractivity contribution in [3.8, 4) is 11.5 Å². The van der Waals surface area contributed by atoms with Crippen LogP contribution < -0.4 is 14.4 Å². The molecule has 3 heterocycles. The van der Waals surface area contributed by atoms with E-state index in [9.17, 15) is 9.90 Å². The summed E-state index contributed by atoms with van der Waals surface area (Å²) in [6.07, 6.45) is 2.47. The molecule has 2 aliphatic rings. The summed E-state index contributed by atoms with van der Waals surface area (Å²) in [5.74, 6) is 2.86. The van der Waals surface area contributed by atoms with Crippen LogP contribution in [0.25, 0.3) is 0 Å². The monoisotopic (exact) mass is 414 g/mol. The number of urea groups is 1. The molecule has 0 aliphatic carbocycles. The number of benzene rings is 1. The van der Waals surface area contributed by atoms with Gasteiger partial charge < -0.3 is 19.1 Å². The Morgan fingerprint density at radius 1 is 1.20 bits per heavy atom. The first kappa shape index (κ1) is 20.5. The van der Waals surface area contributed by atoms with Gasteiger partial charge in [0.1, 0.15) is 5.69 Å². The van der Waals surface area contributed by atoms with Crippen molar-refractivity contribution >= 4 is 11.8 Å². The van der Waals surface area contributed by atoms with Crippen molar-refractivity contribution in [3.63, 3.8) is 0 Å². The summed E-state index contributed by atoms with van der Waals surface area (Å²) in [7, 11) is 3.27. The van der Waals surface area contributed by atoms with Crippen LogP contribution in [0.5, 0.6) is 11.5 Å². The molecule has 4 rings (SSSR count).